The van der Waals surface area contributed by atoms with E-state index in [0.717, 1.165) is 19.3 Å². The van der Waals surface area contributed by atoms with Gasteiger partial charge < -0.3 is 10.4 Å². The molecule has 0 aromatic heterocycles. The number of rotatable bonds is 1. The predicted molar refractivity (Wildman–Crippen MR) is 37.9 cm³/mol. The Labute approximate surface area is 60.4 Å². The maximum absolute atomic E-state index is 10.4. The van der Waals surface area contributed by atoms with Crippen molar-refractivity contribution in [2.24, 2.45) is 0 Å². The lowest BCUT2D eigenvalue weighted by molar-refractivity contribution is -0.140. The summed E-state index contributed by atoms with van der Waals surface area (Å²) in [6, 6.07) is 0.0681. The summed E-state index contributed by atoms with van der Waals surface area (Å²) in [7, 11) is 0. The molecule has 0 amide bonds. The van der Waals surface area contributed by atoms with Crippen LogP contribution in [-0.4, -0.2) is 23.2 Å². The fourth-order valence-electron chi connectivity index (χ4n) is 1.33. The van der Waals surface area contributed by atoms with E-state index in [0.29, 0.717) is 6.04 Å². The molecule has 1 saturated heterocycles. The van der Waals surface area contributed by atoms with Crippen LogP contribution in [0.25, 0.3) is 0 Å². The SMILES string of the molecule is CC1CCCC(C(=O)O)N1. The molecule has 1 fully saturated rings. The lowest BCUT2D eigenvalue weighted by Crippen LogP contribution is -2.45. The van der Waals surface area contributed by atoms with Crippen molar-refractivity contribution in [1.29, 1.82) is 0 Å². The highest BCUT2D eigenvalue weighted by Crippen LogP contribution is 2.11. The second kappa shape index (κ2) is 3.01. The van der Waals surface area contributed by atoms with Gasteiger partial charge in [-0.1, -0.05) is 0 Å². The monoisotopic (exact) mass is 143 g/mol. The molecule has 2 N–H and O–H groups in total. The molecule has 0 aliphatic carbocycles. The molecule has 0 spiro atoms. The zero-order valence-electron chi connectivity index (χ0n) is 6.13. The van der Waals surface area contributed by atoms with Crippen LogP contribution in [0.15, 0.2) is 0 Å². The molecule has 1 aliphatic rings. The molecule has 0 saturated carbocycles. The maximum Gasteiger partial charge on any atom is 0.320 e. The minimum Gasteiger partial charge on any atom is -0.480 e. The molecule has 58 valence electrons. The van der Waals surface area contributed by atoms with Crippen LogP contribution in [0.5, 0.6) is 0 Å². The van der Waals surface area contributed by atoms with Crippen LogP contribution in [0.2, 0.25) is 0 Å². The van der Waals surface area contributed by atoms with Crippen molar-refractivity contribution in [2.75, 3.05) is 0 Å². The molecule has 1 heterocycles. The number of carbonyl (C=O) groups is 1. The van der Waals surface area contributed by atoms with Gasteiger partial charge in [-0.15, -0.1) is 0 Å². The molecule has 10 heavy (non-hydrogen) atoms. The Balaban J connectivity index is 2.39. The minimum absolute atomic E-state index is 0.302. The highest BCUT2D eigenvalue weighted by Gasteiger charge is 2.22. The van der Waals surface area contributed by atoms with E-state index in [4.69, 9.17) is 5.11 Å². The Morgan fingerprint density at radius 2 is 2.30 bits per heavy atom. The summed E-state index contributed by atoms with van der Waals surface area (Å²) >= 11 is 0. The summed E-state index contributed by atoms with van der Waals surface area (Å²) in [6.45, 7) is 2.02. The van der Waals surface area contributed by atoms with Gasteiger partial charge in [-0.2, -0.15) is 0 Å². The highest BCUT2D eigenvalue weighted by molar-refractivity contribution is 5.73. The predicted octanol–water partition coefficient (Wildman–Crippen LogP) is 0.602. The molecule has 2 unspecified atom stereocenters. The summed E-state index contributed by atoms with van der Waals surface area (Å²) in [5.41, 5.74) is 0. The Morgan fingerprint density at radius 3 is 2.70 bits per heavy atom. The normalized spacial score (nSPS) is 33.7. The number of hydrogen-bond donors (Lipinski definition) is 2. The standard InChI is InChI=1S/C7H13NO2/c1-5-3-2-4-6(8-5)7(9)10/h5-6,8H,2-4H2,1H3,(H,9,10). The summed E-state index contributed by atoms with van der Waals surface area (Å²) < 4.78 is 0. The average molecular weight is 143 g/mol. The van der Waals surface area contributed by atoms with Gasteiger partial charge in [0.05, 0.1) is 0 Å². The van der Waals surface area contributed by atoms with Gasteiger partial charge in [0.2, 0.25) is 0 Å². The summed E-state index contributed by atoms with van der Waals surface area (Å²) in [5.74, 6) is -0.716. The topological polar surface area (TPSA) is 49.3 Å². The van der Waals surface area contributed by atoms with Crippen molar-refractivity contribution >= 4 is 5.97 Å². The van der Waals surface area contributed by atoms with Gasteiger partial charge in [0.25, 0.3) is 0 Å². The van der Waals surface area contributed by atoms with E-state index in [-0.39, 0.29) is 6.04 Å². The third-order valence-electron chi connectivity index (χ3n) is 1.91. The number of aliphatic carboxylic acids is 1. The van der Waals surface area contributed by atoms with Crippen LogP contribution in [0, 0.1) is 0 Å². The number of piperidine rings is 1. The zero-order valence-corrected chi connectivity index (χ0v) is 6.13. The van der Waals surface area contributed by atoms with E-state index < -0.39 is 5.97 Å². The van der Waals surface area contributed by atoms with Gasteiger partial charge in [-0.3, -0.25) is 4.79 Å². The van der Waals surface area contributed by atoms with Crippen LogP contribution in [0.3, 0.4) is 0 Å². The first-order chi connectivity index (χ1) is 4.70. The fraction of sp³-hybridized carbons (Fsp3) is 0.857. The molecule has 3 nitrogen and oxygen atoms in total. The van der Waals surface area contributed by atoms with E-state index in [9.17, 15) is 4.79 Å². The molecule has 0 aromatic rings. The van der Waals surface area contributed by atoms with Crippen LogP contribution in [-0.2, 0) is 4.79 Å². The maximum atomic E-state index is 10.4. The van der Waals surface area contributed by atoms with Gasteiger partial charge in [-0.05, 0) is 26.2 Å². The Kier molecular flexibility index (Phi) is 2.27. The quantitative estimate of drug-likeness (QED) is 0.565. The second-order valence-corrected chi connectivity index (χ2v) is 2.89. The van der Waals surface area contributed by atoms with Crippen molar-refractivity contribution < 1.29 is 9.90 Å². The third-order valence-corrected chi connectivity index (χ3v) is 1.91. The van der Waals surface area contributed by atoms with E-state index >= 15 is 0 Å². The first-order valence-corrected chi connectivity index (χ1v) is 3.69. The van der Waals surface area contributed by atoms with Crippen LogP contribution in [0.4, 0.5) is 0 Å². The van der Waals surface area contributed by atoms with E-state index in [2.05, 4.69) is 5.32 Å². The largest absolute Gasteiger partial charge is 0.480 e. The smallest absolute Gasteiger partial charge is 0.320 e. The zero-order chi connectivity index (χ0) is 7.56. The first-order valence-electron chi connectivity index (χ1n) is 3.69. The molecular formula is C7H13NO2. The second-order valence-electron chi connectivity index (χ2n) is 2.89. The molecule has 3 heteroatoms. The number of nitrogens with one attached hydrogen (secondary N) is 1. The summed E-state index contributed by atoms with van der Waals surface area (Å²) in [6.07, 6.45) is 2.91. The Bertz CT molecular complexity index is 136. The van der Waals surface area contributed by atoms with Crippen molar-refractivity contribution in [3.8, 4) is 0 Å². The van der Waals surface area contributed by atoms with E-state index in [1.807, 2.05) is 6.92 Å². The van der Waals surface area contributed by atoms with Crippen LogP contribution >= 0.6 is 0 Å². The number of hydrogen-bond acceptors (Lipinski definition) is 2. The summed E-state index contributed by atoms with van der Waals surface area (Å²) in [5, 5.41) is 11.6. The summed E-state index contributed by atoms with van der Waals surface area (Å²) in [4.78, 5) is 10.4. The van der Waals surface area contributed by atoms with Crippen LogP contribution in [0.1, 0.15) is 26.2 Å². The number of carboxylic acid groups (broad SMARTS) is 1. The lowest BCUT2D eigenvalue weighted by Gasteiger charge is -2.25. The van der Waals surface area contributed by atoms with Gasteiger partial charge >= 0.3 is 5.97 Å². The van der Waals surface area contributed by atoms with E-state index in [1.165, 1.54) is 0 Å². The molecule has 1 rings (SSSR count). The van der Waals surface area contributed by atoms with Crippen molar-refractivity contribution in [3.05, 3.63) is 0 Å². The molecular weight excluding hydrogens is 130 g/mol. The fourth-order valence-corrected chi connectivity index (χ4v) is 1.33. The average Bonchev–Trinajstić information content (AvgIpc) is 1.88. The Morgan fingerprint density at radius 1 is 1.60 bits per heavy atom. The van der Waals surface area contributed by atoms with Crippen molar-refractivity contribution in [3.63, 3.8) is 0 Å². The van der Waals surface area contributed by atoms with Crippen LogP contribution < -0.4 is 5.32 Å². The van der Waals surface area contributed by atoms with E-state index in [1.54, 1.807) is 0 Å². The number of carboxylic acids is 1. The Hall–Kier alpha value is -0.570. The minimum atomic E-state index is -0.716. The molecule has 0 aromatic carbocycles. The molecule has 1 aliphatic heterocycles. The van der Waals surface area contributed by atoms with Crippen molar-refractivity contribution in [2.45, 2.75) is 38.3 Å². The van der Waals surface area contributed by atoms with Gasteiger partial charge in [0.1, 0.15) is 6.04 Å². The highest BCUT2D eigenvalue weighted by atomic mass is 16.4. The van der Waals surface area contributed by atoms with Crippen molar-refractivity contribution in [1.82, 2.24) is 5.32 Å². The van der Waals surface area contributed by atoms with Gasteiger partial charge in [0, 0.05) is 6.04 Å². The molecule has 0 bridgehead atoms. The molecule has 0 radical (unpaired) electrons. The van der Waals surface area contributed by atoms with Gasteiger partial charge in [-0.25, -0.2) is 0 Å². The first kappa shape index (κ1) is 7.54. The lowest BCUT2D eigenvalue weighted by atomic mass is 10.00. The van der Waals surface area contributed by atoms with Gasteiger partial charge in [0.15, 0.2) is 0 Å². The third kappa shape index (κ3) is 1.70. The molecule has 2 atom stereocenters.